The van der Waals surface area contributed by atoms with Crippen LogP contribution in [0, 0.1) is 0 Å². The quantitative estimate of drug-likeness (QED) is 0.854. The first-order chi connectivity index (χ1) is 6.86. The number of nitrogens with one attached hydrogen (secondary N) is 1. The van der Waals surface area contributed by atoms with Crippen molar-refractivity contribution in [3.8, 4) is 5.75 Å². The van der Waals surface area contributed by atoms with Crippen LogP contribution in [-0.4, -0.2) is 15.0 Å². The van der Waals surface area contributed by atoms with Gasteiger partial charge in [-0.05, 0) is 28.1 Å². The highest BCUT2D eigenvalue weighted by Crippen LogP contribution is 2.21. The Kier molecular flexibility index (Phi) is 2.78. The SMILES string of the molecule is Brc1ncccc1OCc1ncc[nH]1. The molecule has 0 bridgehead atoms. The highest BCUT2D eigenvalue weighted by atomic mass is 79.9. The van der Waals surface area contributed by atoms with E-state index < -0.39 is 0 Å². The Morgan fingerprint density at radius 1 is 1.36 bits per heavy atom. The number of imidazole rings is 1. The lowest BCUT2D eigenvalue weighted by molar-refractivity contribution is 0.294. The maximum absolute atomic E-state index is 5.48. The van der Waals surface area contributed by atoms with Crippen molar-refractivity contribution in [1.29, 1.82) is 0 Å². The van der Waals surface area contributed by atoms with Crippen LogP contribution in [0.1, 0.15) is 5.82 Å². The van der Waals surface area contributed by atoms with E-state index >= 15 is 0 Å². The van der Waals surface area contributed by atoms with Crippen LogP contribution in [0.3, 0.4) is 0 Å². The van der Waals surface area contributed by atoms with Gasteiger partial charge in [0.25, 0.3) is 0 Å². The van der Waals surface area contributed by atoms with Gasteiger partial charge in [-0.2, -0.15) is 0 Å². The van der Waals surface area contributed by atoms with Crippen LogP contribution in [0.5, 0.6) is 5.75 Å². The van der Waals surface area contributed by atoms with Gasteiger partial charge in [-0.15, -0.1) is 0 Å². The predicted molar refractivity (Wildman–Crippen MR) is 54.9 cm³/mol. The summed E-state index contributed by atoms with van der Waals surface area (Å²) in [6, 6.07) is 3.67. The van der Waals surface area contributed by atoms with E-state index in [1.54, 1.807) is 18.6 Å². The Hall–Kier alpha value is -1.36. The predicted octanol–water partition coefficient (Wildman–Crippen LogP) is 2.15. The molecule has 0 aliphatic rings. The minimum Gasteiger partial charge on any atom is -0.483 e. The van der Waals surface area contributed by atoms with E-state index in [9.17, 15) is 0 Å². The second kappa shape index (κ2) is 4.23. The van der Waals surface area contributed by atoms with Crippen molar-refractivity contribution in [2.45, 2.75) is 6.61 Å². The molecule has 14 heavy (non-hydrogen) atoms. The highest BCUT2D eigenvalue weighted by Gasteiger charge is 2.01. The van der Waals surface area contributed by atoms with Gasteiger partial charge in [0.2, 0.25) is 0 Å². The maximum Gasteiger partial charge on any atom is 0.152 e. The Bertz CT molecular complexity index is 402. The highest BCUT2D eigenvalue weighted by molar-refractivity contribution is 9.10. The van der Waals surface area contributed by atoms with Crippen molar-refractivity contribution in [1.82, 2.24) is 15.0 Å². The van der Waals surface area contributed by atoms with E-state index in [1.807, 2.05) is 12.1 Å². The summed E-state index contributed by atoms with van der Waals surface area (Å²) in [6.07, 6.45) is 5.15. The summed E-state index contributed by atoms with van der Waals surface area (Å²) in [4.78, 5) is 11.0. The third-order valence-corrected chi connectivity index (χ3v) is 2.24. The summed E-state index contributed by atoms with van der Waals surface area (Å²) in [5.74, 6) is 1.50. The van der Waals surface area contributed by atoms with Gasteiger partial charge in [0, 0.05) is 18.6 Å². The molecule has 0 spiro atoms. The first kappa shape index (κ1) is 9.21. The summed E-state index contributed by atoms with van der Waals surface area (Å²) in [6.45, 7) is 0.414. The fourth-order valence-electron chi connectivity index (χ4n) is 1.00. The lowest BCUT2D eigenvalue weighted by Gasteiger charge is -2.04. The maximum atomic E-state index is 5.48. The molecule has 0 saturated heterocycles. The van der Waals surface area contributed by atoms with Crippen LogP contribution in [0.15, 0.2) is 35.3 Å². The number of H-pyrrole nitrogens is 1. The van der Waals surface area contributed by atoms with E-state index in [1.165, 1.54) is 0 Å². The molecule has 2 aromatic heterocycles. The van der Waals surface area contributed by atoms with Crippen molar-refractivity contribution in [2.24, 2.45) is 0 Å². The standard InChI is InChI=1S/C9H8BrN3O/c10-9-7(2-1-3-13-9)14-6-8-11-4-5-12-8/h1-5H,6H2,(H,11,12). The van der Waals surface area contributed by atoms with E-state index in [0.717, 1.165) is 5.82 Å². The van der Waals surface area contributed by atoms with Gasteiger partial charge in [0.1, 0.15) is 17.0 Å². The number of nitrogens with zero attached hydrogens (tertiary/aromatic N) is 2. The van der Waals surface area contributed by atoms with Crippen LogP contribution in [0.4, 0.5) is 0 Å². The molecule has 2 rings (SSSR count). The molecule has 0 aromatic carbocycles. The summed E-state index contributed by atoms with van der Waals surface area (Å²) in [5, 5.41) is 0. The summed E-state index contributed by atoms with van der Waals surface area (Å²) in [5.41, 5.74) is 0. The molecule has 0 aliphatic heterocycles. The molecule has 0 unspecified atom stereocenters. The van der Waals surface area contributed by atoms with E-state index in [4.69, 9.17) is 4.74 Å². The van der Waals surface area contributed by atoms with Gasteiger partial charge in [-0.25, -0.2) is 9.97 Å². The Labute approximate surface area is 89.5 Å². The topological polar surface area (TPSA) is 50.8 Å². The lowest BCUT2D eigenvalue weighted by Crippen LogP contribution is -1.98. The molecular formula is C9H8BrN3O. The van der Waals surface area contributed by atoms with Gasteiger partial charge < -0.3 is 9.72 Å². The number of rotatable bonds is 3. The molecule has 4 nitrogen and oxygen atoms in total. The average molecular weight is 254 g/mol. The third-order valence-electron chi connectivity index (χ3n) is 1.64. The van der Waals surface area contributed by atoms with Gasteiger partial charge in [-0.3, -0.25) is 0 Å². The summed E-state index contributed by atoms with van der Waals surface area (Å²) >= 11 is 3.29. The molecule has 1 N–H and O–H groups in total. The van der Waals surface area contributed by atoms with Gasteiger partial charge in [-0.1, -0.05) is 0 Å². The Morgan fingerprint density at radius 2 is 2.29 bits per heavy atom. The Morgan fingerprint density at radius 3 is 3.00 bits per heavy atom. The third kappa shape index (κ3) is 2.11. The molecule has 0 fully saturated rings. The molecule has 0 saturated carbocycles. The number of hydrogen-bond donors (Lipinski definition) is 1. The molecule has 0 radical (unpaired) electrons. The van der Waals surface area contributed by atoms with Crippen LogP contribution in [0.25, 0.3) is 0 Å². The number of aromatic amines is 1. The average Bonchev–Trinajstić information content (AvgIpc) is 2.69. The zero-order valence-electron chi connectivity index (χ0n) is 7.27. The number of hydrogen-bond acceptors (Lipinski definition) is 3. The largest absolute Gasteiger partial charge is 0.483 e. The van der Waals surface area contributed by atoms with E-state index in [0.29, 0.717) is 17.0 Å². The molecule has 0 aliphatic carbocycles. The summed E-state index contributed by atoms with van der Waals surface area (Å²) < 4.78 is 6.18. The van der Waals surface area contributed by atoms with Crippen LogP contribution >= 0.6 is 15.9 Å². The second-order valence-corrected chi connectivity index (χ2v) is 3.37. The first-order valence-electron chi connectivity index (χ1n) is 4.08. The number of halogens is 1. The molecule has 2 heterocycles. The molecule has 0 amide bonds. The van der Waals surface area contributed by atoms with Crippen molar-refractivity contribution < 1.29 is 4.74 Å². The monoisotopic (exact) mass is 253 g/mol. The first-order valence-corrected chi connectivity index (χ1v) is 4.87. The van der Waals surface area contributed by atoms with Crippen LogP contribution < -0.4 is 4.74 Å². The lowest BCUT2D eigenvalue weighted by atomic mass is 10.5. The van der Waals surface area contributed by atoms with Gasteiger partial charge >= 0.3 is 0 Å². The normalized spacial score (nSPS) is 10.1. The molecular weight excluding hydrogens is 246 g/mol. The van der Waals surface area contributed by atoms with E-state index in [-0.39, 0.29) is 0 Å². The fraction of sp³-hybridized carbons (Fsp3) is 0.111. The van der Waals surface area contributed by atoms with Gasteiger partial charge in [0.15, 0.2) is 5.75 Å². The second-order valence-electron chi connectivity index (χ2n) is 2.62. The fourth-order valence-corrected chi connectivity index (χ4v) is 1.37. The van der Waals surface area contributed by atoms with Crippen molar-refractivity contribution in [3.05, 3.63) is 41.2 Å². The van der Waals surface area contributed by atoms with Gasteiger partial charge in [0.05, 0.1) is 0 Å². The number of pyridine rings is 1. The zero-order chi connectivity index (χ0) is 9.80. The summed E-state index contributed by atoms with van der Waals surface area (Å²) in [7, 11) is 0. The Balaban J connectivity index is 2.02. The van der Waals surface area contributed by atoms with Crippen LogP contribution in [0.2, 0.25) is 0 Å². The molecule has 72 valence electrons. The van der Waals surface area contributed by atoms with E-state index in [2.05, 4.69) is 30.9 Å². The van der Waals surface area contributed by atoms with Crippen LogP contribution in [-0.2, 0) is 6.61 Å². The zero-order valence-corrected chi connectivity index (χ0v) is 8.86. The molecule has 0 atom stereocenters. The minimum atomic E-state index is 0.414. The molecule has 5 heteroatoms. The minimum absolute atomic E-state index is 0.414. The molecule has 2 aromatic rings. The smallest absolute Gasteiger partial charge is 0.152 e. The number of ether oxygens (including phenoxy) is 1. The number of aromatic nitrogens is 3. The van der Waals surface area contributed by atoms with Crippen molar-refractivity contribution in [3.63, 3.8) is 0 Å². The van der Waals surface area contributed by atoms with Crippen molar-refractivity contribution >= 4 is 15.9 Å². The van der Waals surface area contributed by atoms with Crippen molar-refractivity contribution in [2.75, 3.05) is 0 Å².